The Balaban J connectivity index is 1.34. The fourth-order valence-electron chi connectivity index (χ4n) is 4.08. The van der Waals surface area contributed by atoms with Crippen LogP contribution in [0.15, 0.2) is 66.7 Å². The largest absolute Gasteiger partial charge is 0.484 e. The molecule has 5 heteroatoms. The molecular formula is C25H27FN2O2. The van der Waals surface area contributed by atoms with Gasteiger partial charge >= 0.3 is 0 Å². The van der Waals surface area contributed by atoms with Gasteiger partial charge in [0.1, 0.15) is 11.6 Å². The first-order valence-electron chi connectivity index (χ1n) is 10.4. The van der Waals surface area contributed by atoms with Gasteiger partial charge in [-0.2, -0.15) is 0 Å². The van der Waals surface area contributed by atoms with Crippen molar-refractivity contribution in [1.29, 1.82) is 0 Å². The van der Waals surface area contributed by atoms with Crippen LogP contribution in [-0.4, -0.2) is 47.5 Å². The number of carbonyl (C=O) groups is 1. The van der Waals surface area contributed by atoms with Crippen LogP contribution in [0.1, 0.15) is 19.4 Å². The van der Waals surface area contributed by atoms with Crippen molar-refractivity contribution < 1.29 is 13.9 Å². The lowest BCUT2D eigenvalue weighted by Crippen LogP contribution is -2.58. The minimum atomic E-state index is -0.220. The van der Waals surface area contributed by atoms with Crippen molar-refractivity contribution in [3.63, 3.8) is 0 Å². The Kier molecular flexibility index (Phi) is 6.00. The quantitative estimate of drug-likeness (QED) is 0.626. The number of ether oxygens (including phenoxy) is 1. The van der Waals surface area contributed by atoms with Gasteiger partial charge in [0, 0.05) is 31.7 Å². The summed E-state index contributed by atoms with van der Waals surface area (Å²) < 4.78 is 19.0. The second kappa shape index (κ2) is 8.84. The minimum absolute atomic E-state index is 0.00365. The van der Waals surface area contributed by atoms with Crippen LogP contribution in [0, 0.1) is 5.82 Å². The zero-order valence-corrected chi connectivity index (χ0v) is 17.4. The molecule has 2 atom stereocenters. The molecular weight excluding hydrogens is 379 g/mol. The number of hydrogen-bond acceptors (Lipinski definition) is 3. The molecule has 156 valence electrons. The maximum atomic E-state index is 13.1. The summed E-state index contributed by atoms with van der Waals surface area (Å²) in [6, 6.07) is 20.9. The normalized spacial score (nSPS) is 19.8. The van der Waals surface area contributed by atoms with E-state index in [9.17, 15) is 9.18 Å². The molecule has 1 aliphatic heterocycles. The fourth-order valence-corrected chi connectivity index (χ4v) is 4.08. The zero-order chi connectivity index (χ0) is 21.1. The molecule has 0 unspecified atom stereocenters. The second-order valence-electron chi connectivity index (χ2n) is 8.10. The highest BCUT2D eigenvalue weighted by atomic mass is 19.1. The summed E-state index contributed by atoms with van der Waals surface area (Å²) >= 11 is 0. The molecule has 3 aromatic rings. The van der Waals surface area contributed by atoms with Crippen LogP contribution in [0.5, 0.6) is 5.75 Å². The molecule has 0 bridgehead atoms. The van der Waals surface area contributed by atoms with Gasteiger partial charge in [-0.25, -0.2) is 4.39 Å². The van der Waals surface area contributed by atoms with E-state index in [4.69, 9.17) is 4.74 Å². The molecule has 3 aromatic carbocycles. The summed E-state index contributed by atoms with van der Waals surface area (Å²) in [6.45, 7) is 6.41. The van der Waals surface area contributed by atoms with Crippen LogP contribution in [-0.2, 0) is 11.3 Å². The number of carbonyl (C=O) groups excluding carboxylic acids is 1. The molecule has 1 aliphatic rings. The van der Waals surface area contributed by atoms with Crippen molar-refractivity contribution in [3.8, 4) is 5.75 Å². The summed E-state index contributed by atoms with van der Waals surface area (Å²) in [5.41, 5.74) is 1.08. The van der Waals surface area contributed by atoms with Gasteiger partial charge in [-0.3, -0.25) is 9.69 Å². The molecule has 1 heterocycles. The predicted molar refractivity (Wildman–Crippen MR) is 117 cm³/mol. The molecule has 4 rings (SSSR count). The number of hydrogen-bond donors (Lipinski definition) is 0. The number of amides is 1. The van der Waals surface area contributed by atoms with E-state index in [1.165, 1.54) is 12.1 Å². The summed E-state index contributed by atoms with van der Waals surface area (Å²) in [4.78, 5) is 17.1. The maximum Gasteiger partial charge on any atom is 0.260 e. The summed E-state index contributed by atoms with van der Waals surface area (Å²) in [5.74, 6) is 0.489. The van der Waals surface area contributed by atoms with E-state index in [2.05, 4.69) is 24.8 Å². The second-order valence-corrected chi connectivity index (χ2v) is 8.10. The highest BCUT2D eigenvalue weighted by Crippen LogP contribution is 2.22. The van der Waals surface area contributed by atoms with Crippen LogP contribution < -0.4 is 4.74 Å². The third kappa shape index (κ3) is 4.62. The van der Waals surface area contributed by atoms with Crippen LogP contribution in [0.25, 0.3) is 10.8 Å². The number of nitrogens with zero attached hydrogens (tertiary/aromatic N) is 2. The lowest BCUT2D eigenvalue weighted by molar-refractivity contribution is -0.139. The first-order chi connectivity index (χ1) is 14.5. The first kappa shape index (κ1) is 20.4. The van der Waals surface area contributed by atoms with Crippen molar-refractivity contribution in [2.75, 3.05) is 19.7 Å². The van der Waals surface area contributed by atoms with E-state index < -0.39 is 0 Å². The van der Waals surface area contributed by atoms with Gasteiger partial charge in [0.25, 0.3) is 5.91 Å². The molecule has 0 aromatic heterocycles. The van der Waals surface area contributed by atoms with Crippen LogP contribution in [0.4, 0.5) is 4.39 Å². The van der Waals surface area contributed by atoms with Gasteiger partial charge in [-0.05, 0) is 54.4 Å². The Morgan fingerprint density at radius 3 is 2.47 bits per heavy atom. The number of benzene rings is 3. The Bertz CT molecular complexity index is 1020. The SMILES string of the molecule is C[C@@H]1CN(C(=O)COc2ccc3ccccc3c2)[C@@H](C)CN1Cc1ccc(F)cc1. The smallest absolute Gasteiger partial charge is 0.260 e. The molecule has 30 heavy (non-hydrogen) atoms. The Labute approximate surface area is 176 Å². The highest BCUT2D eigenvalue weighted by molar-refractivity contribution is 5.84. The molecule has 4 nitrogen and oxygen atoms in total. The number of halogens is 1. The Hall–Kier alpha value is -2.92. The third-order valence-corrected chi connectivity index (χ3v) is 5.82. The Morgan fingerprint density at radius 2 is 1.70 bits per heavy atom. The van der Waals surface area contributed by atoms with E-state index in [0.717, 1.165) is 29.4 Å². The third-order valence-electron chi connectivity index (χ3n) is 5.82. The Morgan fingerprint density at radius 1 is 0.967 bits per heavy atom. The van der Waals surface area contributed by atoms with Crippen molar-refractivity contribution in [3.05, 3.63) is 78.1 Å². The maximum absolute atomic E-state index is 13.1. The van der Waals surface area contributed by atoms with Gasteiger partial charge in [0.15, 0.2) is 6.61 Å². The fraction of sp³-hybridized carbons (Fsp3) is 0.320. The molecule has 0 aliphatic carbocycles. The average Bonchev–Trinajstić information content (AvgIpc) is 2.75. The van der Waals surface area contributed by atoms with E-state index in [-0.39, 0.29) is 30.4 Å². The topological polar surface area (TPSA) is 32.8 Å². The molecule has 0 radical (unpaired) electrons. The zero-order valence-electron chi connectivity index (χ0n) is 17.4. The van der Waals surface area contributed by atoms with E-state index in [1.807, 2.05) is 53.4 Å². The molecule has 0 N–H and O–H groups in total. The number of rotatable bonds is 5. The highest BCUT2D eigenvalue weighted by Gasteiger charge is 2.32. The van der Waals surface area contributed by atoms with Gasteiger partial charge in [0.2, 0.25) is 0 Å². The lowest BCUT2D eigenvalue weighted by Gasteiger charge is -2.44. The molecule has 1 amide bonds. The molecule has 1 saturated heterocycles. The summed E-state index contributed by atoms with van der Waals surface area (Å²) in [7, 11) is 0. The van der Waals surface area contributed by atoms with E-state index in [1.54, 1.807) is 0 Å². The number of fused-ring (bicyclic) bond motifs is 1. The predicted octanol–water partition coefficient (Wildman–Crippen LogP) is 4.48. The summed E-state index contributed by atoms with van der Waals surface area (Å²) in [6.07, 6.45) is 0. The van der Waals surface area contributed by atoms with Gasteiger partial charge in [-0.1, -0.05) is 42.5 Å². The van der Waals surface area contributed by atoms with Crippen molar-refractivity contribution >= 4 is 16.7 Å². The number of piperazine rings is 1. The molecule has 0 saturated carbocycles. The van der Waals surface area contributed by atoms with Crippen LogP contribution in [0.3, 0.4) is 0 Å². The average molecular weight is 407 g/mol. The van der Waals surface area contributed by atoms with E-state index in [0.29, 0.717) is 12.3 Å². The van der Waals surface area contributed by atoms with Crippen molar-refractivity contribution in [1.82, 2.24) is 9.80 Å². The van der Waals surface area contributed by atoms with Crippen molar-refractivity contribution in [2.24, 2.45) is 0 Å². The summed E-state index contributed by atoms with van der Waals surface area (Å²) in [5, 5.41) is 2.25. The molecule has 1 fully saturated rings. The van der Waals surface area contributed by atoms with Crippen LogP contribution >= 0.6 is 0 Å². The minimum Gasteiger partial charge on any atom is -0.484 e. The lowest BCUT2D eigenvalue weighted by atomic mass is 10.1. The van der Waals surface area contributed by atoms with Gasteiger partial charge in [-0.15, -0.1) is 0 Å². The van der Waals surface area contributed by atoms with Gasteiger partial charge in [0.05, 0.1) is 0 Å². The first-order valence-corrected chi connectivity index (χ1v) is 10.4. The van der Waals surface area contributed by atoms with Gasteiger partial charge < -0.3 is 9.64 Å². The van der Waals surface area contributed by atoms with Crippen LogP contribution in [0.2, 0.25) is 0 Å². The standard InChI is InChI=1S/C25H27FN2O2/c1-18-15-28(19(2)14-27(18)16-20-7-10-23(26)11-8-20)25(29)17-30-24-12-9-21-5-3-4-6-22(21)13-24/h3-13,18-19H,14-17H2,1-2H3/t18-,19+/m1/s1. The van der Waals surface area contributed by atoms with E-state index >= 15 is 0 Å². The molecule has 0 spiro atoms. The monoisotopic (exact) mass is 406 g/mol. The van der Waals surface area contributed by atoms with Crippen molar-refractivity contribution in [2.45, 2.75) is 32.5 Å².